The molecule has 0 atom stereocenters. The number of carbonyl (C=O) groups excluding carboxylic acids is 1. The molecule has 0 bridgehead atoms. The molecule has 1 saturated heterocycles. The number of carboxylic acids is 1. The third-order valence-electron chi connectivity index (χ3n) is 9.47. The zero-order chi connectivity index (χ0) is 34.9. The van der Waals surface area contributed by atoms with Gasteiger partial charge in [0, 0.05) is 80.5 Å². The summed E-state index contributed by atoms with van der Waals surface area (Å²) < 4.78 is 14.0. The number of ketones is 1. The standard InChI is InChI=1S/C41H46N4O5/c1-30-11-3-4-12-32(30)28-42-35-19-18-31(41(48)34-29-45(21-9-17-40(46)47)36-14-6-5-13-33(34)36)27-39(35)50-26-10-20-43-22-24-44(25-23-43)37-15-7-8-16-38(37)49-2/h3-8,11-16,18-19,27,29,42H,9-10,17,20-26,28H2,1-2H3,(H,46,47). The molecular weight excluding hydrogens is 628 g/mol. The Morgan fingerprint density at radius 2 is 1.60 bits per heavy atom. The Morgan fingerprint density at radius 1 is 0.840 bits per heavy atom. The van der Waals surface area contributed by atoms with E-state index in [4.69, 9.17) is 14.6 Å². The van der Waals surface area contributed by atoms with Crippen LogP contribution in [0.3, 0.4) is 0 Å². The fraction of sp³-hybridized carbons (Fsp3) is 0.317. The minimum atomic E-state index is -0.826. The number of aliphatic carboxylic acids is 1. The number of piperazine rings is 1. The highest BCUT2D eigenvalue weighted by Crippen LogP contribution is 2.31. The van der Waals surface area contributed by atoms with E-state index < -0.39 is 5.97 Å². The summed E-state index contributed by atoms with van der Waals surface area (Å²) in [5, 5.41) is 13.5. The van der Waals surface area contributed by atoms with E-state index in [0.717, 1.165) is 67.2 Å². The van der Waals surface area contributed by atoms with Gasteiger partial charge in [-0.1, -0.05) is 54.6 Å². The largest absolute Gasteiger partial charge is 0.495 e. The van der Waals surface area contributed by atoms with Crippen LogP contribution < -0.4 is 19.7 Å². The van der Waals surface area contributed by atoms with E-state index in [-0.39, 0.29) is 12.2 Å². The molecule has 9 nitrogen and oxygen atoms in total. The molecule has 0 spiro atoms. The number of carbonyl (C=O) groups is 2. The summed E-state index contributed by atoms with van der Waals surface area (Å²) >= 11 is 0. The van der Waals surface area contributed by atoms with Gasteiger partial charge in [-0.15, -0.1) is 0 Å². The Morgan fingerprint density at radius 3 is 2.40 bits per heavy atom. The van der Waals surface area contributed by atoms with Crippen LogP contribution in [0.2, 0.25) is 0 Å². The van der Waals surface area contributed by atoms with E-state index in [9.17, 15) is 9.59 Å². The maximum Gasteiger partial charge on any atom is 0.303 e. The highest BCUT2D eigenvalue weighted by atomic mass is 16.5. The maximum atomic E-state index is 14.0. The first-order valence-corrected chi connectivity index (χ1v) is 17.4. The Hall–Kier alpha value is -5.28. The van der Waals surface area contributed by atoms with Crippen molar-refractivity contribution >= 4 is 34.0 Å². The van der Waals surface area contributed by atoms with Crippen molar-refractivity contribution in [3.05, 3.63) is 119 Å². The molecule has 1 fully saturated rings. The van der Waals surface area contributed by atoms with Crippen LogP contribution in [-0.4, -0.2) is 72.8 Å². The van der Waals surface area contributed by atoms with E-state index in [1.165, 1.54) is 11.1 Å². The monoisotopic (exact) mass is 674 g/mol. The topological polar surface area (TPSA) is 96.3 Å². The van der Waals surface area contributed by atoms with Gasteiger partial charge < -0.3 is 29.4 Å². The van der Waals surface area contributed by atoms with E-state index in [2.05, 4.69) is 46.3 Å². The second-order valence-electron chi connectivity index (χ2n) is 12.8. The highest BCUT2D eigenvalue weighted by molar-refractivity contribution is 6.16. The number of aryl methyl sites for hydroxylation is 2. The number of fused-ring (bicyclic) bond motifs is 1. The molecule has 50 heavy (non-hydrogen) atoms. The van der Waals surface area contributed by atoms with E-state index >= 15 is 0 Å². The third-order valence-corrected chi connectivity index (χ3v) is 9.47. The van der Waals surface area contributed by atoms with Crippen LogP contribution in [0.25, 0.3) is 10.9 Å². The van der Waals surface area contributed by atoms with Crippen LogP contribution in [-0.2, 0) is 17.9 Å². The number of ether oxygens (including phenoxy) is 2. The zero-order valence-corrected chi connectivity index (χ0v) is 28.9. The third kappa shape index (κ3) is 8.29. The Bertz CT molecular complexity index is 1930. The first-order chi connectivity index (χ1) is 24.4. The van der Waals surface area contributed by atoms with Crippen LogP contribution in [0.15, 0.2) is 97.2 Å². The van der Waals surface area contributed by atoms with Crippen molar-refractivity contribution in [1.29, 1.82) is 0 Å². The zero-order valence-electron chi connectivity index (χ0n) is 28.9. The quantitative estimate of drug-likeness (QED) is 0.0835. The summed E-state index contributed by atoms with van der Waals surface area (Å²) in [7, 11) is 1.72. The number of aromatic nitrogens is 1. The van der Waals surface area contributed by atoms with Crippen LogP contribution in [0.1, 0.15) is 46.3 Å². The van der Waals surface area contributed by atoms with Gasteiger partial charge in [0.25, 0.3) is 0 Å². The maximum absolute atomic E-state index is 14.0. The normalized spacial score (nSPS) is 13.4. The van der Waals surface area contributed by atoms with Gasteiger partial charge in [0.05, 0.1) is 25.1 Å². The molecule has 1 aromatic heterocycles. The van der Waals surface area contributed by atoms with Gasteiger partial charge in [-0.05, 0) is 67.3 Å². The van der Waals surface area contributed by atoms with Gasteiger partial charge in [-0.25, -0.2) is 0 Å². The second-order valence-corrected chi connectivity index (χ2v) is 12.8. The molecule has 4 aromatic carbocycles. The van der Waals surface area contributed by atoms with Gasteiger partial charge in [0.1, 0.15) is 11.5 Å². The average Bonchev–Trinajstić information content (AvgIpc) is 3.51. The SMILES string of the molecule is COc1ccccc1N1CCN(CCCOc2cc(C(=O)c3cn(CCCC(=O)O)c4ccccc34)ccc2NCc2ccccc2C)CC1. The lowest BCUT2D eigenvalue weighted by atomic mass is 10.0. The molecule has 0 saturated carbocycles. The summed E-state index contributed by atoms with van der Waals surface area (Å²) in [6.07, 6.45) is 3.27. The summed E-state index contributed by atoms with van der Waals surface area (Å²) in [4.78, 5) is 30.0. The minimum absolute atomic E-state index is 0.0760. The van der Waals surface area contributed by atoms with Crippen LogP contribution in [0.4, 0.5) is 11.4 Å². The van der Waals surface area contributed by atoms with Gasteiger partial charge in [-0.2, -0.15) is 0 Å². The molecule has 0 amide bonds. The molecule has 5 aromatic rings. The molecule has 0 aliphatic carbocycles. The fourth-order valence-corrected chi connectivity index (χ4v) is 6.67. The van der Waals surface area contributed by atoms with Crippen molar-refractivity contribution < 1.29 is 24.2 Å². The number of benzene rings is 4. The lowest BCUT2D eigenvalue weighted by Gasteiger charge is -2.36. The molecular formula is C41H46N4O5. The first kappa shape index (κ1) is 34.6. The summed E-state index contributed by atoms with van der Waals surface area (Å²) in [6.45, 7) is 8.51. The van der Waals surface area contributed by atoms with Gasteiger partial charge in [0.15, 0.2) is 5.78 Å². The van der Waals surface area contributed by atoms with Crippen LogP contribution in [0, 0.1) is 6.92 Å². The summed E-state index contributed by atoms with van der Waals surface area (Å²) in [5.74, 6) is 0.633. The lowest BCUT2D eigenvalue weighted by Crippen LogP contribution is -2.46. The predicted molar refractivity (Wildman–Crippen MR) is 199 cm³/mol. The van der Waals surface area contributed by atoms with Crippen molar-refractivity contribution in [3.63, 3.8) is 0 Å². The molecule has 6 rings (SSSR count). The second kappa shape index (κ2) is 16.4. The van der Waals surface area contributed by atoms with Gasteiger partial charge >= 0.3 is 5.97 Å². The van der Waals surface area contributed by atoms with Crippen molar-refractivity contribution in [3.8, 4) is 11.5 Å². The van der Waals surface area contributed by atoms with E-state index in [1.807, 2.05) is 77.5 Å². The number of carboxylic acid groups (broad SMARTS) is 1. The Balaban J connectivity index is 1.14. The van der Waals surface area contributed by atoms with Crippen molar-refractivity contribution in [1.82, 2.24) is 9.47 Å². The molecule has 2 heterocycles. The lowest BCUT2D eigenvalue weighted by molar-refractivity contribution is -0.137. The molecule has 260 valence electrons. The number of nitrogens with one attached hydrogen (secondary N) is 1. The summed E-state index contributed by atoms with van der Waals surface area (Å²) in [5.41, 5.74) is 6.43. The average molecular weight is 675 g/mol. The number of hydrogen-bond donors (Lipinski definition) is 2. The van der Waals surface area contributed by atoms with Crippen LogP contribution in [0.5, 0.6) is 11.5 Å². The van der Waals surface area contributed by atoms with Gasteiger partial charge in [0.2, 0.25) is 0 Å². The molecule has 2 N–H and O–H groups in total. The van der Waals surface area contributed by atoms with Crippen molar-refractivity contribution in [2.75, 3.05) is 56.7 Å². The molecule has 9 heteroatoms. The molecule has 0 unspecified atom stereocenters. The Kier molecular flexibility index (Phi) is 11.4. The number of rotatable bonds is 16. The minimum Gasteiger partial charge on any atom is -0.495 e. The number of nitrogens with zero attached hydrogens (tertiary/aromatic N) is 3. The highest BCUT2D eigenvalue weighted by Gasteiger charge is 2.21. The number of hydrogen-bond acceptors (Lipinski definition) is 7. The van der Waals surface area contributed by atoms with Crippen molar-refractivity contribution in [2.45, 2.75) is 39.3 Å². The Labute approximate surface area is 294 Å². The molecule has 0 radical (unpaired) electrons. The fourth-order valence-electron chi connectivity index (χ4n) is 6.67. The van der Waals surface area contributed by atoms with Gasteiger partial charge in [-0.3, -0.25) is 14.5 Å². The van der Waals surface area contributed by atoms with Crippen molar-refractivity contribution in [2.24, 2.45) is 0 Å². The molecule has 1 aliphatic rings. The first-order valence-electron chi connectivity index (χ1n) is 17.4. The smallest absolute Gasteiger partial charge is 0.303 e. The number of methoxy groups -OCH3 is 1. The summed E-state index contributed by atoms with van der Waals surface area (Å²) in [6, 6.07) is 29.9. The number of para-hydroxylation sites is 3. The predicted octanol–water partition coefficient (Wildman–Crippen LogP) is 7.26. The number of anilines is 2. The van der Waals surface area contributed by atoms with Crippen LogP contribution >= 0.6 is 0 Å². The van der Waals surface area contributed by atoms with E-state index in [1.54, 1.807) is 7.11 Å². The molecule has 1 aliphatic heterocycles. The van der Waals surface area contributed by atoms with E-state index in [0.29, 0.717) is 43.0 Å².